The Morgan fingerprint density at radius 2 is 1.81 bits per heavy atom. The highest BCUT2D eigenvalue weighted by Gasteiger charge is 2.20. The van der Waals surface area contributed by atoms with Crippen LogP contribution in [-0.4, -0.2) is 22.2 Å². The summed E-state index contributed by atoms with van der Waals surface area (Å²) in [6.07, 6.45) is 1.36. The van der Waals surface area contributed by atoms with Crippen molar-refractivity contribution in [3.63, 3.8) is 0 Å². The number of aryl methyl sites for hydroxylation is 1. The molecule has 0 saturated carbocycles. The Morgan fingerprint density at radius 1 is 1.19 bits per heavy atom. The van der Waals surface area contributed by atoms with Crippen molar-refractivity contribution >= 4 is 11.9 Å². The molecule has 0 spiro atoms. The Hall–Kier alpha value is -1.84. The van der Waals surface area contributed by atoms with Crippen LogP contribution in [0.5, 0.6) is 0 Å². The predicted octanol–water partition coefficient (Wildman–Crippen LogP) is 2.34. The van der Waals surface area contributed by atoms with E-state index in [1.807, 2.05) is 6.92 Å². The molecule has 0 aliphatic rings. The molecule has 0 fully saturated rings. The Kier molecular flexibility index (Phi) is 3.66. The van der Waals surface area contributed by atoms with Crippen LogP contribution in [-0.2, 0) is 6.42 Å². The number of aromatic carboxylic acids is 2. The van der Waals surface area contributed by atoms with Crippen molar-refractivity contribution in [2.75, 3.05) is 0 Å². The van der Waals surface area contributed by atoms with Gasteiger partial charge in [-0.2, -0.15) is 0 Å². The largest absolute Gasteiger partial charge is 0.478 e. The van der Waals surface area contributed by atoms with Crippen molar-refractivity contribution in [3.05, 3.63) is 34.4 Å². The van der Waals surface area contributed by atoms with Crippen LogP contribution in [0.4, 0.5) is 0 Å². The molecular weight excluding hydrogens is 208 g/mol. The summed E-state index contributed by atoms with van der Waals surface area (Å²) in [4.78, 5) is 22.0. The molecule has 0 heterocycles. The molecule has 0 atom stereocenters. The molecule has 86 valence electrons. The highest BCUT2D eigenvalue weighted by atomic mass is 16.4. The maximum atomic E-state index is 11.1. The second kappa shape index (κ2) is 4.79. The minimum atomic E-state index is -1.20. The molecule has 1 rings (SSSR count). The summed E-state index contributed by atoms with van der Waals surface area (Å²) in [6, 6.07) is 3.00. The van der Waals surface area contributed by atoms with Gasteiger partial charge >= 0.3 is 11.9 Å². The van der Waals surface area contributed by atoms with E-state index in [2.05, 4.69) is 0 Å². The van der Waals surface area contributed by atoms with Crippen molar-refractivity contribution in [2.24, 2.45) is 0 Å². The summed E-state index contributed by atoms with van der Waals surface area (Å²) in [5.41, 5.74) is 1.23. The third-order valence-corrected chi connectivity index (χ3v) is 2.49. The van der Waals surface area contributed by atoms with Gasteiger partial charge in [0.05, 0.1) is 11.1 Å². The molecule has 0 radical (unpaired) electrons. The molecule has 4 heteroatoms. The fraction of sp³-hybridized carbons (Fsp3) is 0.333. The van der Waals surface area contributed by atoms with Crippen molar-refractivity contribution in [2.45, 2.75) is 26.7 Å². The first-order chi connectivity index (χ1) is 7.49. The van der Waals surface area contributed by atoms with Crippen LogP contribution in [0.3, 0.4) is 0 Å². The number of rotatable bonds is 4. The number of carboxylic acid groups (broad SMARTS) is 2. The van der Waals surface area contributed by atoms with E-state index in [0.29, 0.717) is 12.0 Å². The van der Waals surface area contributed by atoms with Crippen LogP contribution < -0.4 is 0 Å². The third kappa shape index (κ3) is 2.21. The first-order valence-electron chi connectivity index (χ1n) is 5.08. The van der Waals surface area contributed by atoms with Crippen LogP contribution in [0, 0.1) is 6.92 Å². The molecule has 0 aliphatic carbocycles. The molecule has 0 amide bonds. The zero-order valence-electron chi connectivity index (χ0n) is 9.28. The Bertz CT molecular complexity index is 435. The fourth-order valence-corrected chi connectivity index (χ4v) is 1.75. The molecule has 2 N–H and O–H groups in total. The average Bonchev–Trinajstić information content (AvgIpc) is 2.20. The van der Waals surface area contributed by atoms with Gasteiger partial charge in [0, 0.05) is 0 Å². The molecule has 4 nitrogen and oxygen atoms in total. The van der Waals surface area contributed by atoms with Gasteiger partial charge in [0.15, 0.2) is 0 Å². The molecule has 0 unspecified atom stereocenters. The van der Waals surface area contributed by atoms with Crippen LogP contribution >= 0.6 is 0 Å². The molecule has 0 bridgehead atoms. The van der Waals surface area contributed by atoms with Gasteiger partial charge in [-0.25, -0.2) is 9.59 Å². The van der Waals surface area contributed by atoms with E-state index in [0.717, 1.165) is 12.0 Å². The molecule has 1 aromatic rings. The maximum Gasteiger partial charge on any atom is 0.336 e. The lowest BCUT2D eigenvalue weighted by Gasteiger charge is -2.11. The summed E-state index contributed by atoms with van der Waals surface area (Å²) >= 11 is 0. The SMILES string of the molecule is CCCc1c(C)ccc(C(=O)O)c1C(=O)O. The van der Waals surface area contributed by atoms with Crippen LogP contribution in [0.15, 0.2) is 12.1 Å². The summed E-state index contributed by atoms with van der Waals surface area (Å²) < 4.78 is 0. The molecule has 16 heavy (non-hydrogen) atoms. The van der Waals surface area contributed by atoms with E-state index in [1.54, 1.807) is 13.0 Å². The lowest BCUT2D eigenvalue weighted by molar-refractivity contribution is 0.0650. The number of benzene rings is 1. The zero-order valence-corrected chi connectivity index (χ0v) is 9.28. The first-order valence-corrected chi connectivity index (χ1v) is 5.08. The van der Waals surface area contributed by atoms with E-state index < -0.39 is 11.9 Å². The molecule has 0 aromatic heterocycles. The van der Waals surface area contributed by atoms with E-state index >= 15 is 0 Å². The Balaban J connectivity index is 3.49. The zero-order chi connectivity index (χ0) is 12.3. The average molecular weight is 222 g/mol. The second-order valence-corrected chi connectivity index (χ2v) is 3.64. The van der Waals surface area contributed by atoms with Gasteiger partial charge in [0.2, 0.25) is 0 Å². The Morgan fingerprint density at radius 3 is 2.25 bits per heavy atom. The fourth-order valence-electron chi connectivity index (χ4n) is 1.75. The normalized spacial score (nSPS) is 10.1. The summed E-state index contributed by atoms with van der Waals surface area (Å²) in [5.74, 6) is -2.38. The lowest BCUT2D eigenvalue weighted by Crippen LogP contribution is -2.12. The summed E-state index contributed by atoms with van der Waals surface area (Å²) in [5, 5.41) is 18.0. The lowest BCUT2D eigenvalue weighted by atomic mass is 9.93. The van der Waals surface area contributed by atoms with Crippen molar-refractivity contribution in [1.29, 1.82) is 0 Å². The van der Waals surface area contributed by atoms with Gasteiger partial charge < -0.3 is 10.2 Å². The molecule has 0 saturated heterocycles. The number of hydrogen-bond acceptors (Lipinski definition) is 2. The standard InChI is InChI=1S/C12H14O4/c1-3-4-8-7(2)5-6-9(11(13)14)10(8)12(15)16/h5-6H,3-4H2,1-2H3,(H,13,14)(H,15,16). The quantitative estimate of drug-likeness (QED) is 0.819. The summed E-state index contributed by atoms with van der Waals surface area (Å²) in [6.45, 7) is 3.72. The van der Waals surface area contributed by atoms with Gasteiger partial charge in [-0.1, -0.05) is 19.4 Å². The topological polar surface area (TPSA) is 74.6 Å². The second-order valence-electron chi connectivity index (χ2n) is 3.64. The van der Waals surface area contributed by atoms with Gasteiger partial charge in [0.25, 0.3) is 0 Å². The maximum absolute atomic E-state index is 11.1. The monoisotopic (exact) mass is 222 g/mol. The summed E-state index contributed by atoms with van der Waals surface area (Å²) in [7, 11) is 0. The third-order valence-electron chi connectivity index (χ3n) is 2.49. The number of carbonyl (C=O) groups is 2. The van der Waals surface area contributed by atoms with Gasteiger partial charge in [-0.3, -0.25) is 0 Å². The minimum Gasteiger partial charge on any atom is -0.478 e. The minimum absolute atomic E-state index is 0.0747. The predicted molar refractivity (Wildman–Crippen MR) is 59.1 cm³/mol. The van der Waals surface area contributed by atoms with E-state index in [4.69, 9.17) is 10.2 Å². The highest BCUT2D eigenvalue weighted by molar-refractivity contribution is 6.03. The highest BCUT2D eigenvalue weighted by Crippen LogP contribution is 2.21. The van der Waals surface area contributed by atoms with Crippen molar-refractivity contribution in [3.8, 4) is 0 Å². The van der Waals surface area contributed by atoms with Crippen molar-refractivity contribution < 1.29 is 19.8 Å². The van der Waals surface area contributed by atoms with Gasteiger partial charge in [0.1, 0.15) is 0 Å². The number of carboxylic acids is 2. The van der Waals surface area contributed by atoms with Gasteiger partial charge in [-0.05, 0) is 30.5 Å². The van der Waals surface area contributed by atoms with Crippen LogP contribution in [0.25, 0.3) is 0 Å². The smallest absolute Gasteiger partial charge is 0.336 e. The molecule has 0 aliphatic heterocycles. The van der Waals surface area contributed by atoms with Crippen molar-refractivity contribution in [1.82, 2.24) is 0 Å². The number of hydrogen-bond donors (Lipinski definition) is 2. The van der Waals surface area contributed by atoms with E-state index in [-0.39, 0.29) is 11.1 Å². The van der Waals surface area contributed by atoms with E-state index in [1.165, 1.54) is 6.07 Å². The van der Waals surface area contributed by atoms with Gasteiger partial charge in [-0.15, -0.1) is 0 Å². The molecule has 1 aromatic carbocycles. The Labute approximate surface area is 93.5 Å². The van der Waals surface area contributed by atoms with Crippen LogP contribution in [0.2, 0.25) is 0 Å². The van der Waals surface area contributed by atoms with Crippen LogP contribution in [0.1, 0.15) is 45.2 Å². The van der Waals surface area contributed by atoms with E-state index in [9.17, 15) is 9.59 Å². The first kappa shape index (κ1) is 12.2. The molecular formula is C12H14O4.